The zero-order valence-electron chi connectivity index (χ0n) is 13.6. The summed E-state index contributed by atoms with van der Waals surface area (Å²) in [7, 11) is 0. The lowest BCUT2D eigenvalue weighted by Crippen LogP contribution is -2.08. The standard InChI is InChI=1S/C19H22ClN3/c1-13-9-17-18(10-14(13)2)23(19(22-17)7-4-8-21)12-15-5-3-6-16(20)11-15/h3,5-6,9-11H,4,7-8,12,21H2,1-2H3. The average molecular weight is 328 g/mol. The summed E-state index contributed by atoms with van der Waals surface area (Å²) in [6, 6.07) is 12.4. The van der Waals surface area contributed by atoms with Crippen LogP contribution >= 0.6 is 11.6 Å². The summed E-state index contributed by atoms with van der Waals surface area (Å²) in [6.45, 7) is 5.73. The second-order valence-corrected chi connectivity index (χ2v) is 6.50. The molecule has 0 radical (unpaired) electrons. The van der Waals surface area contributed by atoms with Crippen molar-refractivity contribution < 1.29 is 0 Å². The van der Waals surface area contributed by atoms with Crippen LogP contribution in [-0.4, -0.2) is 16.1 Å². The molecule has 0 fully saturated rings. The Labute approximate surface area is 142 Å². The zero-order valence-corrected chi connectivity index (χ0v) is 14.4. The molecule has 23 heavy (non-hydrogen) atoms. The summed E-state index contributed by atoms with van der Waals surface area (Å²) in [5.74, 6) is 1.09. The van der Waals surface area contributed by atoms with Crippen LogP contribution in [0.5, 0.6) is 0 Å². The van der Waals surface area contributed by atoms with E-state index in [-0.39, 0.29) is 0 Å². The van der Waals surface area contributed by atoms with Gasteiger partial charge in [-0.1, -0.05) is 23.7 Å². The first-order valence-electron chi connectivity index (χ1n) is 7.99. The Bertz CT molecular complexity index is 836. The fraction of sp³-hybridized carbons (Fsp3) is 0.316. The molecule has 0 aliphatic heterocycles. The molecule has 4 heteroatoms. The first kappa shape index (κ1) is 16.0. The van der Waals surface area contributed by atoms with Gasteiger partial charge >= 0.3 is 0 Å². The number of nitrogens with two attached hydrogens (primary N) is 1. The minimum absolute atomic E-state index is 0.679. The number of nitrogens with zero attached hydrogens (tertiary/aromatic N) is 2. The number of fused-ring (bicyclic) bond motifs is 1. The van der Waals surface area contributed by atoms with Gasteiger partial charge in [-0.05, 0) is 67.8 Å². The Morgan fingerprint density at radius 3 is 2.65 bits per heavy atom. The van der Waals surface area contributed by atoms with Gasteiger partial charge in [-0.2, -0.15) is 0 Å². The fourth-order valence-corrected chi connectivity index (χ4v) is 3.09. The fourth-order valence-electron chi connectivity index (χ4n) is 2.88. The smallest absolute Gasteiger partial charge is 0.110 e. The van der Waals surface area contributed by atoms with Crippen LogP contribution < -0.4 is 5.73 Å². The molecule has 0 bridgehead atoms. The van der Waals surface area contributed by atoms with Crippen molar-refractivity contribution in [2.24, 2.45) is 5.73 Å². The lowest BCUT2D eigenvalue weighted by Gasteiger charge is -2.10. The molecule has 120 valence electrons. The van der Waals surface area contributed by atoms with Crippen LogP contribution in [0.1, 0.15) is 28.9 Å². The quantitative estimate of drug-likeness (QED) is 0.761. The number of aryl methyl sites for hydroxylation is 3. The molecule has 3 rings (SSSR count). The Kier molecular flexibility index (Phi) is 4.69. The molecule has 0 aliphatic carbocycles. The molecule has 3 aromatic rings. The van der Waals surface area contributed by atoms with E-state index in [0.29, 0.717) is 6.54 Å². The minimum atomic E-state index is 0.679. The Hall–Kier alpha value is -1.84. The van der Waals surface area contributed by atoms with Crippen molar-refractivity contribution in [2.45, 2.75) is 33.2 Å². The van der Waals surface area contributed by atoms with Crippen molar-refractivity contribution >= 4 is 22.6 Å². The van der Waals surface area contributed by atoms with Crippen molar-refractivity contribution in [3.63, 3.8) is 0 Å². The molecular weight excluding hydrogens is 306 g/mol. The van der Waals surface area contributed by atoms with E-state index >= 15 is 0 Å². The van der Waals surface area contributed by atoms with E-state index in [9.17, 15) is 0 Å². The second-order valence-electron chi connectivity index (χ2n) is 6.06. The molecule has 2 N–H and O–H groups in total. The average Bonchev–Trinajstić information content (AvgIpc) is 2.83. The number of rotatable bonds is 5. The third-order valence-corrected chi connectivity index (χ3v) is 4.51. The SMILES string of the molecule is Cc1cc2nc(CCCN)n(Cc3cccc(Cl)c3)c2cc1C. The molecule has 0 amide bonds. The third kappa shape index (κ3) is 3.41. The van der Waals surface area contributed by atoms with E-state index in [1.165, 1.54) is 22.2 Å². The maximum absolute atomic E-state index is 6.13. The van der Waals surface area contributed by atoms with E-state index in [1.807, 2.05) is 18.2 Å². The summed E-state index contributed by atoms with van der Waals surface area (Å²) < 4.78 is 2.29. The lowest BCUT2D eigenvalue weighted by atomic mass is 10.1. The molecular formula is C19H22ClN3. The predicted molar refractivity (Wildman–Crippen MR) is 97.1 cm³/mol. The number of hydrogen-bond acceptors (Lipinski definition) is 2. The van der Waals surface area contributed by atoms with Gasteiger partial charge in [-0.3, -0.25) is 0 Å². The number of halogens is 1. The number of benzene rings is 2. The van der Waals surface area contributed by atoms with Gasteiger partial charge in [0.2, 0.25) is 0 Å². The van der Waals surface area contributed by atoms with Gasteiger partial charge in [-0.25, -0.2) is 4.98 Å². The van der Waals surface area contributed by atoms with Gasteiger partial charge in [0.05, 0.1) is 11.0 Å². The van der Waals surface area contributed by atoms with Gasteiger partial charge in [0, 0.05) is 18.0 Å². The van der Waals surface area contributed by atoms with Crippen molar-refractivity contribution in [2.75, 3.05) is 6.54 Å². The molecule has 0 aliphatic rings. The summed E-state index contributed by atoms with van der Waals surface area (Å²) in [5, 5.41) is 0.766. The Morgan fingerprint density at radius 2 is 1.91 bits per heavy atom. The highest BCUT2D eigenvalue weighted by Crippen LogP contribution is 2.23. The summed E-state index contributed by atoms with van der Waals surface area (Å²) in [5.41, 5.74) is 11.7. The summed E-state index contributed by atoms with van der Waals surface area (Å²) in [6.07, 6.45) is 1.83. The summed E-state index contributed by atoms with van der Waals surface area (Å²) in [4.78, 5) is 4.85. The maximum atomic E-state index is 6.13. The highest BCUT2D eigenvalue weighted by Gasteiger charge is 2.12. The molecule has 1 aromatic heterocycles. The second kappa shape index (κ2) is 6.73. The van der Waals surface area contributed by atoms with E-state index in [2.05, 4.69) is 36.6 Å². The van der Waals surface area contributed by atoms with Gasteiger partial charge < -0.3 is 10.3 Å². The molecule has 0 spiro atoms. The molecule has 0 atom stereocenters. The van der Waals surface area contributed by atoms with Gasteiger partial charge in [0.1, 0.15) is 5.82 Å². The minimum Gasteiger partial charge on any atom is -0.330 e. The molecule has 2 aromatic carbocycles. The van der Waals surface area contributed by atoms with Gasteiger partial charge in [-0.15, -0.1) is 0 Å². The molecule has 1 heterocycles. The predicted octanol–water partition coefficient (Wildman–Crippen LogP) is 4.25. The van der Waals surface area contributed by atoms with Crippen LogP contribution in [0.3, 0.4) is 0 Å². The van der Waals surface area contributed by atoms with Crippen molar-refractivity contribution in [1.29, 1.82) is 0 Å². The first-order valence-corrected chi connectivity index (χ1v) is 8.37. The van der Waals surface area contributed by atoms with Crippen molar-refractivity contribution in [3.05, 3.63) is 63.9 Å². The number of aromatic nitrogens is 2. The van der Waals surface area contributed by atoms with E-state index < -0.39 is 0 Å². The molecule has 0 saturated carbocycles. The molecule has 3 nitrogen and oxygen atoms in total. The summed E-state index contributed by atoms with van der Waals surface area (Å²) >= 11 is 6.13. The Morgan fingerprint density at radius 1 is 1.13 bits per heavy atom. The van der Waals surface area contributed by atoms with Crippen LogP contribution in [-0.2, 0) is 13.0 Å². The van der Waals surface area contributed by atoms with Crippen LogP contribution in [0.4, 0.5) is 0 Å². The number of hydrogen-bond donors (Lipinski definition) is 1. The van der Waals surface area contributed by atoms with E-state index in [0.717, 1.165) is 35.8 Å². The zero-order chi connectivity index (χ0) is 16.4. The van der Waals surface area contributed by atoms with Crippen LogP contribution in [0, 0.1) is 13.8 Å². The van der Waals surface area contributed by atoms with Crippen molar-refractivity contribution in [3.8, 4) is 0 Å². The van der Waals surface area contributed by atoms with Crippen LogP contribution in [0.15, 0.2) is 36.4 Å². The highest BCUT2D eigenvalue weighted by molar-refractivity contribution is 6.30. The lowest BCUT2D eigenvalue weighted by molar-refractivity contribution is 0.703. The van der Waals surface area contributed by atoms with E-state index in [1.54, 1.807) is 0 Å². The van der Waals surface area contributed by atoms with Crippen molar-refractivity contribution in [1.82, 2.24) is 9.55 Å². The third-order valence-electron chi connectivity index (χ3n) is 4.28. The topological polar surface area (TPSA) is 43.8 Å². The Balaban J connectivity index is 2.09. The van der Waals surface area contributed by atoms with Gasteiger partial charge in [0.25, 0.3) is 0 Å². The van der Waals surface area contributed by atoms with Gasteiger partial charge in [0.15, 0.2) is 0 Å². The highest BCUT2D eigenvalue weighted by atomic mass is 35.5. The van der Waals surface area contributed by atoms with Crippen LogP contribution in [0.2, 0.25) is 5.02 Å². The first-order chi connectivity index (χ1) is 11.1. The molecule has 0 unspecified atom stereocenters. The maximum Gasteiger partial charge on any atom is 0.110 e. The number of imidazole rings is 1. The normalized spacial score (nSPS) is 11.3. The van der Waals surface area contributed by atoms with Crippen LogP contribution in [0.25, 0.3) is 11.0 Å². The largest absolute Gasteiger partial charge is 0.330 e. The van der Waals surface area contributed by atoms with E-state index in [4.69, 9.17) is 22.3 Å². The monoisotopic (exact) mass is 327 g/mol. The molecule has 0 saturated heterocycles.